The first-order valence-electron chi connectivity index (χ1n) is 5.94. The first-order valence-corrected chi connectivity index (χ1v) is 7.30. The molecule has 1 rings (SSSR count). The van der Waals surface area contributed by atoms with Crippen LogP contribution in [0.4, 0.5) is 0 Å². The first kappa shape index (κ1) is 13.6. The standard InChI is InChI=1S/C13H21O2P/c1-3-12-16(14-4-2)15-11-10-13-8-6-5-7-9-13/h5-9H,3-4,10-12H2,1-2H3. The molecule has 0 bridgehead atoms. The highest BCUT2D eigenvalue weighted by molar-refractivity contribution is 7.47. The zero-order chi connectivity index (χ0) is 11.6. The molecule has 0 aliphatic heterocycles. The van der Waals surface area contributed by atoms with Gasteiger partial charge in [-0.05, 0) is 25.3 Å². The molecule has 0 heterocycles. The van der Waals surface area contributed by atoms with Crippen molar-refractivity contribution in [3.05, 3.63) is 35.9 Å². The molecule has 90 valence electrons. The molecule has 1 aromatic rings. The molecule has 16 heavy (non-hydrogen) atoms. The first-order chi connectivity index (χ1) is 7.86. The molecule has 0 fully saturated rings. The molecule has 0 aromatic heterocycles. The average Bonchev–Trinajstić information content (AvgIpc) is 2.31. The predicted octanol–water partition coefficient (Wildman–Crippen LogP) is 4.00. The molecule has 0 N–H and O–H groups in total. The van der Waals surface area contributed by atoms with Gasteiger partial charge in [-0.2, -0.15) is 0 Å². The molecule has 1 atom stereocenters. The fourth-order valence-corrected chi connectivity index (χ4v) is 2.68. The van der Waals surface area contributed by atoms with Gasteiger partial charge < -0.3 is 9.05 Å². The number of hydrogen-bond donors (Lipinski definition) is 0. The lowest BCUT2D eigenvalue weighted by Gasteiger charge is -2.15. The zero-order valence-electron chi connectivity index (χ0n) is 10.2. The van der Waals surface area contributed by atoms with E-state index in [2.05, 4.69) is 31.2 Å². The van der Waals surface area contributed by atoms with E-state index < -0.39 is 8.38 Å². The van der Waals surface area contributed by atoms with Gasteiger partial charge in [0.15, 0.2) is 8.38 Å². The van der Waals surface area contributed by atoms with Crippen molar-refractivity contribution in [1.82, 2.24) is 0 Å². The van der Waals surface area contributed by atoms with Crippen LogP contribution in [-0.2, 0) is 15.5 Å². The zero-order valence-corrected chi connectivity index (χ0v) is 11.1. The Morgan fingerprint density at radius 3 is 2.44 bits per heavy atom. The molecule has 0 saturated carbocycles. The van der Waals surface area contributed by atoms with Gasteiger partial charge in [-0.1, -0.05) is 37.3 Å². The van der Waals surface area contributed by atoms with E-state index in [0.29, 0.717) is 0 Å². The fraction of sp³-hybridized carbons (Fsp3) is 0.538. The van der Waals surface area contributed by atoms with E-state index >= 15 is 0 Å². The second-order valence-corrected chi connectivity index (χ2v) is 5.17. The molecule has 3 heteroatoms. The lowest BCUT2D eigenvalue weighted by molar-refractivity contribution is 0.261. The molecular formula is C13H21O2P. The SMILES string of the molecule is CCCP(OCC)OCCc1ccccc1. The maximum absolute atomic E-state index is 5.77. The number of rotatable bonds is 8. The summed E-state index contributed by atoms with van der Waals surface area (Å²) < 4.78 is 11.3. The Morgan fingerprint density at radius 2 is 1.81 bits per heavy atom. The molecule has 0 aliphatic rings. The van der Waals surface area contributed by atoms with Gasteiger partial charge in [0, 0.05) is 6.16 Å². The summed E-state index contributed by atoms with van der Waals surface area (Å²) in [7, 11) is -0.657. The molecule has 1 unspecified atom stereocenters. The van der Waals surface area contributed by atoms with Gasteiger partial charge in [-0.3, -0.25) is 0 Å². The van der Waals surface area contributed by atoms with Crippen LogP contribution >= 0.6 is 8.38 Å². The Labute approximate surface area is 99.9 Å². The monoisotopic (exact) mass is 240 g/mol. The maximum atomic E-state index is 5.77. The Kier molecular flexibility index (Phi) is 7.41. The second kappa shape index (κ2) is 8.69. The normalized spacial score (nSPS) is 12.6. The summed E-state index contributed by atoms with van der Waals surface area (Å²) in [6, 6.07) is 10.4. The van der Waals surface area contributed by atoms with E-state index in [-0.39, 0.29) is 0 Å². The van der Waals surface area contributed by atoms with Crippen LogP contribution in [0.15, 0.2) is 30.3 Å². The number of hydrogen-bond acceptors (Lipinski definition) is 2. The van der Waals surface area contributed by atoms with Gasteiger partial charge in [0.2, 0.25) is 0 Å². The largest absolute Gasteiger partial charge is 0.334 e. The minimum absolute atomic E-state index is 0.657. The van der Waals surface area contributed by atoms with Crippen molar-refractivity contribution in [2.75, 3.05) is 19.4 Å². The Balaban J connectivity index is 2.22. The second-order valence-electron chi connectivity index (χ2n) is 3.54. The Morgan fingerprint density at radius 1 is 1.06 bits per heavy atom. The molecule has 0 saturated heterocycles. The van der Waals surface area contributed by atoms with E-state index in [1.54, 1.807) is 0 Å². The van der Waals surface area contributed by atoms with Crippen LogP contribution in [0.3, 0.4) is 0 Å². The van der Waals surface area contributed by atoms with Crippen molar-refractivity contribution in [3.63, 3.8) is 0 Å². The van der Waals surface area contributed by atoms with Crippen LogP contribution in [0.2, 0.25) is 0 Å². The van der Waals surface area contributed by atoms with Crippen molar-refractivity contribution in [2.24, 2.45) is 0 Å². The third-order valence-electron chi connectivity index (χ3n) is 2.15. The summed E-state index contributed by atoms with van der Waals surface area (Å²) >= 11 is 0. The lowest BCUT2D eigenvalue weighted by atomic mass is 10.2. The van der Waals surface area contributed by atoms with Crippen LogP contribution in [0.25, 0.3) is 0 Å². The molecule has 1 aromatic carbocycles. The van der Waals surface area contributed by atoms with Gasteiger partial charge in [0.1, 0.15) is 0 Å². The molecule has 2 nitrogen and oxygen atoms in total. The molecule has 0 aliphatic carbocycles. The summed E-state index contributed by atoms with van der Waals surface area (Å²) in [4.78, 5) is 0. The maximum Gasteiger partial charge on any atom is 0.170 e. The van der Waals surface area contributed by atoms with Crippen molar-refractivity contribution >= 4 is 8.38 Å². The van der Waals surface area contributed by atoms with Crippen molar-refractivity contribution in [3.8, 4) is 0 Å². The summed E-state index contributed by atoms with van der Waals surface area (Å²) in [5.41, 5.74) is 1.32. The van der Waals surface area contributed by atoms with Gasteiger partial charge in [0.05, 0.1) is 13.2 Å². The average molecular weight is 240 g/mol. The third-order valence-corrected chi connectivity index (χ3v) is 3.98. The Hall–Kier alpha value is -0.430. The van der Waals surface area contributed by atoms with E-state index in [1.165, 1.54) is 5.56 Å². The minimum Gasteiger partial charge on any atom is -0.334 e. The van der Waals surface area contributed by atoms with Gasteiger partial charge in [-0.25, -0.2) is 0 Å². The van der Waals surface area contributed by atoms with E-state index in [4.69, 9.17) is 9.05 Å². The van der Waals surface area contributed by atoms with Crippen LogP contribution in [0.1, 0.15) is 25.8 Å². The van der Waals surface area contributed by atoms with Gasteiger partial charge >= 0.3 is 0 Å². The molecule has 0 spiro atoms. The lowest BCUT2D eigenvalue weighted by Crippen LogP contribution is -1.99. The van der Waals surface area contributed by atoms with Gasteiger partial charge in [-0.15, -0.1) is 0 Å². The Bertz CT molecular complexity index is 258. The van der Waals surface area contributed by atoms with Crippen LogP contribution in [-0.4, -0.2) is 19.4 Å². The van der Waals surface area contributed by atoms with Crippen LogP contribution < -0.4 is 0 Å². The summed E-state index contributed by atoms with van der Waals surface area (Å²) in [6.45, 7) is 5.69. The quantitative estimate of drug-likeness (QED) is 0.639. The van der Waals surface area contributed by atoms with Crippen molar-refractivity contribution < 1.29 is 9.05 Å². The summed E-state index contributed by atoms with van der Waals surface area (Å²) in [6.07, 6.45) is 3.13. The minimum atomic E-state index is -0.657. The van der Waals surface area contributed by atoms with E-state index in [9.17, 15) is 0 Å². The summed E-state index contributed by atoms with van der Waals surface area (Å²) in [5.74, 6) is 0. The fourth-order valence-electron chi connectivity index (χ4n) is 1.40. The van der Waals surface area contributed by atoms with Crippen molar-refractivity contribution in [1.29, 1.82) is 0 Å². The molecular weight excluding hydrogens is 219 g/mol. The highest BCUT2D eigenvalue weighted by Gasteiger charge is 2.07. The molecule has 0 radical (unpaired) electrons. The van der Waals surface area contributed by atoms with Crippen molar-refractivity contribution in [2.45, 2.75) is 26.7 Å². The van der Waals surface area contributed by atoms with Gasteiger partial charge in [0.25, 0.3) is 0 Å². The van der Waals surface area contributed by atoms with Crippen LogP contribution in [0, 0.1) is 0 Å². The predicted molar refractivity (Wildman–Crippen MR) is 69.8 cm³/mol. The van der Waals surface area contributed by atoms with Crippen LogP contribution in [0.5, 0.6) is 0 Å². The highest BCUT2D eigenvalue weighted by atomic mass is 31.2. The van der Waals surface area contributed by atoms with E-state index in [1.807, 2.05) is 13.0 Å². The molecule has 0 amide bonds. The topological polar surface area (TPSA) is 18.5 Å². The highest BCUT2D eigenvalue weighted by Crippen LogP contribution is 2.38. The summed E-state index contributed by atoms with van der Waals surface area (Å²) in [5, 5.41) is 0. The number of benzene rings is 1. The third kappa shape index (κ3) is 5.60. The smallest absolute Gasteiger partial charge is 0.170 e. The van der Waals surface area contributed by atoms with E-state index in [0.717, 1.165) is 32.2 Å².